The molecule has 1 aliphatic heterocycles. The molecule has 0 spiro atoms. The molecule has 0 saturated carbocycles. The van der Waals surface area contributed by atoms with Crippen LogP contribution < -0.4 is 16.2 Å². The number of carbonyl (C=O) groups excluding carboxylic acids is 1. The maximum absolute atomic E-state index is 12.2. The van der Waals surface area contributed by atoms with E-state index in [2.05, 4.69) is 10.6 Å². The van der Waals surface area contributed by atoms with Crippen LogP contribution in [0, 0.1) is 5.92 Å². The highest BCUT2D eigenvalue weighted by molar-refractivity contribution is 6.42. The molecule has 2 heterocycles. The number of nitrogens with zero attached hydrogens (tertiary/aromatic N) is 1. The van der Waals surface area contributed by atoms with Gasteiger partial charge in [0, 0.05) is 18.7 Å². The van der Waals surface area contributed by atoms with E-state index in [0.29, 0.717) is 34.6 Å². The van der Waals surface area contributed by atoms with Crippen LogP contribution in [0.25, 0.3) is 0 Å². The Hall–Kier alpha value is -1.82. The van der Waals surface area contributed by atoms with Gasteiger partial charge >= 0.3 is 0 Å². The van der Waals surface area contributed by atoms with Crippen LogP contribution in [0.4, 0.5) is 5.69 Å². The van der Waals surface area contributed by atoms with Gasteiger partial charge in [-0.15, -0.1) is 0 Å². The topological polar surface area (TPSA) is 63.1 Å². The number of hydrogen-bond donors (Lipinski definition) is 2. The molecule has 0 aliphatic carbocycles. The van der Waals surface area contributed by atoms with Gasteiger partial charge in [0.2, 0.25) is 5.91 Å². The smallest absolute Gasteiger partial charge is 0.250 e. The first-order chi connectivity index (χ1) is 12.5. The molecule has 1 atom stereocenters. The lowest BCUT2D eigenvalue weighted by atomic mass is 10.0. The van der Waals surface area contributed by atoms with Crippen molar-refractivity contribution >= 4 is 34.8 Å². The van der Waals surface area contributed by atoms with Crippen LogP contribution in [0.2, 0.25) is 10.0 Å². The lowest BCUT2D eigenvalue weighted by molar-refractivity contribution is -0.116. The number of carbonyl (C=O) groups is 1. The number of anilines is 1. The van der Waals surface area contributed by atoms with Gasteiger partial charge < -0.3 is 15.2 Å². The first-order valence-corrected chi connectivity index (χ1v) is 9.42. The summed E-state index contributed by atoms with van der Waals surface area (Å²) in [5.41, 5.74) is 1.32. The third-order valence-corrected chi connectivity index (χ3v) is 5.29. The molecule has 1 unspecified atom stereocenters. The summed E-state index contributed by atoms with van der Waals surface area (Å²) < 4.78 is 1.54. The highest BCUT2D eigenvalue weighted by Crippen LogP contribution is 2.23. The van der Waals surface area contributed by atoms with E-state index in [9.17, 15) is 9.59 Å². The zero-order valence-corrected chi connectivity index (χ0v) is 15.8. The first kappa shape index (κ1) is 19.0. The van der Waals surface area contributed by atoms with Crippen molar-refractivity contribution in [2.24, 2.45) is 5.92 Å². The van der Waals surface area contributed by atoms with Crippen LogP contribution in [0.3, 0.4) is 0 Å². The van der Waals surface area contributed by atoms with Gasteiger partial charge in [-0.3, -0.25) is 9.59 Å². The summed E-state index contributed by atoms with van der Waals surface area (Å²) >= 11 is 11.9. The molecule has 1 aliphatic rings. The van der Waals surface area contributed by atoms with Gasteiger partial charge in [-0.2, -0.15) is 0 Å². The number of rotatable bonds is 6. The van der Waals surface area contributed by atoms with Gasteiger partial charge in [0.25, 0.3) is 5.56 Å². The number of halogens is 2. The Balaban J connectivity index is 1.63. The van der Waals surface area contributed by atoms with E-state index in [1.807, 2.05) is 6.07 Å². The van der Waals surface area contributed by atoms with Crippen molar-refractivity contribution in [3.63, 3.8) is 0 Å². The number of hydrogen-bond acceptors (Lipinski definition) is 3. The fourth-order valence-corrected chi connectivity index (χ4v) is 3.40. The summed E-state index contributed by atoms with van der Waals surface area (Å²) in [6, 6.07) is 8.34. The van der Waals surface area contributed by atoms with Gasteiger partial charge in [0.15, 0.2) is 0 Å². The Bertz CT molecular complexity index is 845. The predicted octanol–water partition coefficient (Wildman–Crippen LogP) is 3.53. The van der Waals surface area contributed by atoms with Crippen molar-refractivity contribution in [1.82, 2.24) is 9.88 Å². The third kappa shape index (κ3) is 5.10. The normalized spacial score (nSPS) is 16.6. The van der Waals surface area contributed by atoms with Crippen molar-refractivity contribution in [1.29, 1.82) is 0 Å². The van der Waals surface area contributed by atoms with Gasteiger partial charge in [-0.25, -0.2) is 0 Å². The maximum Gasteiger partial charge on any atom is 0.250 e. The monoisotopic (exact) mass is 393 g/mol. The van der Waals surface area contributed by atoms with E-state index < -0.39 is 0 Å². The Morgan fingerprint density at radius 1 is 1.23 bits per heavy atom. The fourth-order valence-electron chi connectivity index (χ4n) is 3.08. The SMILES string of the molecule is O=C(CCC1CCNC1)Nc1ccc(=O)n(Cc2ccc(Cl)c(Cl)c2)c1. The molecule has 5 nitrogen and oxygen atoms in total. The van der Waals surface area contributed by atoms with Crippen LogP contribution in [-0.2, 0) is 11.3 Å². The van der Waals surface area contributed by atoms with Crippen LogP contribution in [0.15, 0.2) is 41.3 Å². The number of benzene rings is 1. The zero-order chi connectivity index (χ0) is 18.5. The Morgan fingerprint density at radius 2 is 2.08 bits per heavy atom. The standard InChI is InChI=1S/C19H21Cl2N3O2/c20-16-4-1-14(9-17(16)21)11-24-12-15(3-6-19(24)26)23-18(25)5-2-13-7-8-22-10-13/h1,3-4,6,9,12-13,22H,2,5,7-8,10-11H2,(H,23,25). The molecule has 2 aromatic rings. The zero-order valence-electron chi connectivity index (χ0n) is 14.3. The molecule has 1 aromatic carbocycles. The molecule has 3 rings (SSSR count). The van der Waals surface area contributed by atoms with Gasteiger partial charge in [0.1, 0.15) is 0 Å². The quantitative estimate of drug-likeness (QED) is 0.788. The minimum absolute atomic E-state index is 0.0309. The highest BCUT2D eigenvalue weighted by Gasteiger charge is 2.15. The molecule has 2 N–H and O–H groups in total. The number of amides is 1. The minimum Gasteiger partial charge on any atom is -0.325 e. The summed E-state index contributed by atoms with van der Waals surface area (Å²) in [4.78, 5) is 24.3. The fraction of sp³-hybridized carbons (Fsp3) is 0.368. The molecule has 1 aromatic heterocycles. The highest BCUT2D eigenvalue weighted by atomic mass is 35.5. The lowest BCUT2D eigenvalue weighted by Gasteiger charge is -2.11. The summed E-state index contributed by atoms with van der Waals surface area (Å²) in [6.07, 6.45) is 4.14. The summed E-state index contributed by atoms with van der Waals surface area (Å²) in [5, 5.41) is 7.10. The second-order valence-electron chi connectivity index (χ2n) is 6.58. The van der Waals surface area contributed by atoms with Gasteiger partial charge in [-0.05, 0) is 55.6 Å². The number of pyridine rings is 1. The van der Waals surface area contributed by atoms with Crippen molar-refractivity contribution in [3.8, 4) is 0 Å². The average molecular weight is 394 g/mol. The van der Waals surface area contributed by atoms with E-state index in [4.69, 9.17) is 23.2 Å². The number of aromatic nitrogens is 1. The predicted molar refractivity (Wildman–Crippen MR) is 105 cm³/mol. The summed E-state index contributed by atoms with van der Waals surface area (Å²) in [7, 11) is 0. The summed E-state index contributed by atoms with van der Waals surface area (Å²) in [5.74, 6) is 0.543. The van der Waals surface area contributed by atoms with E-state index >= 15 is 0 Å². The van der Waals surface area contributed by atoms with Gasteiger partial charge in [0.05, 0.1) is 22.3 Å². The van der Waals surface area contributed by atoms with E-state index in [0.717, 1.165) is 31.5 Å². The molecular weight excluding hydrogens is 373 g/mol. The molecule has 1 fully saturated rings. The van der Waals surface area contributed by atoms with Crippen molar-refractivity contribution < 1.29 is 4.79 Å². The van der Waals surface area contributed by atoms with Crippen LogP contribution >= 0.6 is 23.2 Å². The average Bonchev–Trinajstić information content (AvgIpc) is 3.13. The number of nitrogens with one attached hydrogen (secondary N) is 2. The molecule has 7 heteroatoms. The van der Waals surface area contributed by atoms with E-state index in [-0.39, 0.29) is 11.5 Å². The van der Waals surface area contributed by atoms with E-state index in [1.54, 1.807) is 24.4 Å². The Morgan fingerprint density at radius 3 is 2.81 bits per heavy atom. The second-order valence-corrected chi connectivity index (χ2v) is 7.39. The molecular formula is C19H21Cl2N3O2. The van der Waals surface area contributed by atoms with Crippen LogP contribution in [0.1, 0.15) is 24.8 Å². The van der Waals surface area contributed by atoms with Crippen molar-refractivity contribution in [2.45, 2.75) is 25.8 Å². The van der Waals surface area contributed by atoms with Crippen LogP contribution in [0.5, 0.6) is 0 Å². The molecule has 0 radical (unpaired) electrons. The van der Waals surface area contributed by atoms with E-state index in [1.165, 1.54) is 10.6 Å². The molecule has 0 bridgehead atoms. The Labute approximate surface area is 162 Å². The van der Waals surface area contributed by atoms with Crippen LogP contribution in [-0.4, -0.2) is 23.6 Å². The largest absolute Gasteiger partial charge is 0.325 e. The lowest BCUT2D eigenvalue weighted by Crippen LogP contribution is -2.21. The molecule has 1 amide bonds. The molecule has 138 valence electrons. The van der Waals surface area contributed by atoms with Crippen molar-refractivity contribution in [3.05, 3.63) is 62.5 Å². The maximum atomic E-state index is 12.2. The minimum atomic E-state index is -0.147. The molecule has 1 saturated heterocycles. The second kappa shape index (κ2) is 8.71. The first-order valence-electron chi connectivity index (χ1n) is 8.66. The van der Waals surface area contributed by atoms with Gasteiger partial charge in [-0.1, -0.05) is 29.3 Å². The molecule has 26 heavy (non-hydrogen) atoms. The third-order valence-electron chi connectivity index (χ3n) is 4.55. The summed E-state index contributed by atoms with van der Waals surface area (Å²) in [6.45, 7) is 2.38. The van der Waals surface area contributed by atoms with Crippen molar-refractivity contribution in [2.75, 3.05) is 18.4 Å². The Kier molecular flexibility index (Phi) is 6.35.